The van der Waals surface area contributed by atoms with Crippen LogP contribution in [0.4, 0.5) is 4.39 Å². The van der Waals surface area contributed by atoms with E-state index in [2.05, 4.69) is 34.1 Å². The molecule has 0 aromatic carbocycles. The number of carbonyl (C=O) groups is 1. The summed E-state index contributed by atoms with van der Waals surface area (Å²) in [5.41, 5.74) is 0.266. The van der Waals surface area contributed by atoms with Crippen molar-refractivity contribution in [2.24, 2.45) is 0 Å². The number of hydrogen-bond acceptors (Lipinski definition) is 4. The van der Waals surface area contributed by atoms with E-state index in [1.807, 2.05) is 0 Å². The Labute approximate surface area is 125 Å². The van der Waals surface area contributed by atoms with Gasteiger partial charge >= 0.3 is 0 Å². The molecule has 1 N–H and O–H groups in total. The summed E-state index contributed by atoms with van der Waals surface area (Å²) in [5, 5.41) is 2.82. The van der Waals surface area contributed by atoms with Gasteiger partial charge < -0.3 is 10.2 Å². The van der Waals surface area contributed by atoms with Crippen LogP contribution in [-0.2, 0) is 0 Å². The summed E-state index contributed by atoms with van der Waals surface area (Å²) in [6, 6.07) is 1.64. The van der Waals surface area contributed by atoms with E-state index in [9.17, 15) is 9.18 Å². The molecule has 0 aliphatic carbocycles. The molecular formula is C15H23FN4O. The molecule has 1 atom stereocenters. The molecule has 1 aliphatic rings. The normalized spacial score (nSPS) is 18.4. The minimum absolute atomic E-state index is 0.266. The zero-order chi connectivity index (χ0) is 15.2. The van der Waals surface area contributed by atoms with Gasteiger partial charge in [0.15, 0.2) is 0 Å². The monoisotopic (exact) mass is 294 g/mol. The molecule has 6 heteroatoms. The number of likely N-dealkylation sites (N-methyl/N-ethyl adjacent to an activating group) is 1. The molecule has 2 heterocycles. The summed E-state index contributed by atoms with van der Waals surface area (Å²) in [5.74, 6) is -0.763. The second-order valence-electron chi connectivity index (χ2n) is 5.62. The molecule has 1 aliphatic heterocycles. The third kappa shape index (κ3) is 4.75. The molecule has 116 valence electrons. The van der Waals surface area contributed by atoms with Crippen LogP contribution in [0.15, 0.2) is 18.5 Å². The van der Waals surface area contributed by atoms with Gasteiger partial charge in [-0.3, -0.25) is 14.7 Å². The quantitative estimate of drug-likeness (QED) is 0.879. The average molecular weight is 294 g/mol. The van der Waals surface area contributed by atoms with Crippen LogP contribution in [0.5, 0.6) is 0 Å². The van der Waals surface area contributed by atoms with Gasteiger partial charge in [0.2, 0.25) is 0 Å². The van der Waals surface area contributed by atoms with E-state index in [0.29, 0.717) is 12.6 Å². The predicted octanol–water partition coefficient (Wildman–Crippen LogP) is 0.977. The fourth-order valence-corrected chi connectivity index (χ4v) is 2.48. The average Bonchev–Trinajstić information content (AvgIpc) is 2.47. The fraction of sp³-hybridized carbons (Fsp3) is 0.600. The minimum atomic E-state index is -0.492. The van der Waals surface area contributed by atoms with Crippen LogP contribution in [0.25, 0.3) is 0 Å². The topological polar surface area (TPSA) is 48.5 Å². The second kappa shape index (κ2) is 7.47. The maximum Gasteiger partial charge on any atom is 0.252 e. The van der Waals surface area contributed by atoms with Crippen molar-refractivity contribution in [1.29, 1.82) is 0 Å². The van der Waals surface area contributed by atoms with Crippen molar-refractivity contribution in [2.45, 2.75) is 19.4 Å². The summed E-state index contributed by atoms with van der Waals surface area (Å²) in [6.07, 6.45) is 3.35. The highest BCUT2D eigenvalue weighted by Crippen LogP contribution is 2.07. The van der Waals surface area contributed by atoms with Crippen molar-refractivity contribution in [3.05, 3.63) is 29.8 Å². The number of rotatable bonds is 5. The Morgan fingerprint density at radius 1 is 1.38 bits per heavy atom. The zero-order valence-corrected chi connectivity index (χ0v) is 12.7. The van der Waals surface area contributed by atoms with Crippen LogP contribution >= 0.6 is 0 Å². The summed E-state index contributed by atoms with van der Waals surface area (Å²) >= 11 is 0. The highest BCUT2D eigenvalue weighted by atomic mass is 19.1. The van der Waals surface area contributed by atoms with E-state index in [0.717, 1.165) is 38.8 Å². The maximum absolute atomic E-state index is 13.0. The van der Waals surface area contributed by atoms with Crippen molar-refractivity contribution in [3.63, 3.8) is 0 Å². The first-order chi connectivity index (χ1) is 10.1. The van der Waals surface area contributed by atoms with Crippen LogP contribution in [0.2, 0.25) is 0 Å². The number of aromatic nitrogens is 1. The van der Waals surface area contributed by atoms with E-state index < -0.39 is 5.82 Å². The van der Waals surface area contributed by atoms with Gasteiger partial charge in [0, 0.05) is 45.0 Å². The molecule has 1 saturated heterocycles. The standard InChI is InChI=1S/C15H23FN4O/c1-12(20-7-5-19(2)6-8-20)3-4-18-15(21)13-9-14(16)11-17-10-13/h9-12H,3-8H2,1-2H3,(H,18,21). The molecule has 21 heavy (non-hydrogen) atoms. The number of carbonyl (C=O) groups excluding carboxylic acids is 1. The number of nitrogens with one attached hydrogen (secondary N) is 1. The number of nitrogens with zero attached hydrogens (tertiary/aromatic N) is 3. The zero-order valence-electron chi connectivity index (χ0n) is 12.7. The molecule has 0 saturated carbocycles. The number of pyridine rings is 1. The highest BCUT2D eigenvalue weighted by Gasteiger charge is 2.18. The van der Waals surface area contributed by atoms with Crippen molar-refractivity contribution < 1.29 is 9.18 Å². The SMILES string of the molecule is CC(CCNC(=O)c1cncc(F)c1)N1CCN(C)CC1. The third-order valence-corrected chi connectivity index (χ3v) is 3.98. The Balaban J connectivity index is 1.72. The fourth-order valence-electron chi connectivity index (χ4n) is 2.48. The van der Waals surface area contributed by atoms with E-state index in [1.54, 1.807) is 0 Å². The van der Waals surface area contributed by atoms with Crippen molar-refractivity contribution in [3.8, 4) is 0 Å². The Kier molecular flexibility index (Phi) is 5.64. The van der Waals surface area contributed by atoms with Gasteiger partial charge in [-0.05, 0) is 26.5 Å². The molecule has 0 radical (unpaired) electrons. The second-order valence-corrected chi connectivity index (χ2v) is 5.62. The van der Waals surface area contributed by atoms with Gasteiger partial charge in [0.05, 0.1) is 11.8 Å². The molecule has 1 aromatic heterocycles. The largest absolute Gasteiger partial charge is 0.352 e. The minimum Gasteiger partial charge on any atom is -0.352 e. The van der Waals surface area contributed by atoms with E-state index >= 15 is 0 Å². The first-order valence-electron chi connectivity index (χ1n) is 7.37. The Morgan fingerprint density at radius 3 is 2.76 bits per heavy atom. The van der Waals surface area contributed by atoms with Crippen molar-refractivity contribution in [2.75, 3.05) is 39.8 Å². The van der Waals surface area contributed by atoms with Gasteiger partial charge in [0.1, 0.15) is 5.82 Å². The van der Waals surface area contributed by atoms with Gasteiger partial charge in [0.25, 0.3) is 5.91 Å². The van der Waals surface area contributed by atoms with Crippen molar-refractivity contribution >= 4 is 5.91 Å². The first kappa shape index (κ1) is 15.9. The van der Waals surface area contributed by atoms with E-state index in [1.165, 1.54) is 12.3 Å². The number of halogens is 1. The number of amides is 1. The van der Waals surface area contributed by atoms with Gasteiger partial charge in [-0.15, -0.1) is 0 Å². The Bertz CT molecular complexity index is 474. The lowest BCUT2D eigenvalue weighted by molar-refractivity contribution is 0.0934. The highest BCUT2D eigenvalue weighted by molar-refractivity contribution is 5.93. The van der Waals surface area contributed by atoms with Crippen LogP contribution in [0, 0.1) is 5.82 Å². The Hall–Kier alpha value is -1.53. The van der Waals surface area contributed by atoms with Crippen LogP contribution in [-0.4, -0.2) is 66.5 Å². The van der Waals surface area contributed by atoms with Crippen LogP contribution in [0.1, 0.15) is 23.7 Å². The Morgan fingerprint density at radius 2 is 2.10 bits per heavy atom. The smallest absolute Gasteiger partial charge is 0.252 e. The molecule has 0 bridgehead atoms. The molecular weight excluding hydrogens is 271 g/mol. The molecule has 2 rings (SSSR count). The van der Waals surface area contributed by atoms with Gasteiger partial charge in [-0.2, -0.15) is 0 Å². The van der Waals surface area contributed by atoms with E-state index in [4.69, 9.17) is 0 Å². The number of piperazine rings is 1. The molecule has 5 nitrogen and oxygen atoms in total. The molecule has 1 aromatic rings. The van der Waals surface area contributed by atoms with Crippen LogP contribution < -0.4 is 5.32 Å². The number of hydrogen-bond donors (Lipinski definition) is 1. The molecule has 1 unspecified atom stereocenters. The lowest BCUT2D eigenvalue weighted by Gasteiger charge is -2.36. The van der Waals surface area contributed by atoms with Gasteiger partial charge in [-0.25, -0.2) is 4.39 Å². The lowest BCUT2D eigenvalue weighted by Crippen LogP contribution is -2.48. The summed E-state index contributed by atoms with van der Waals surface area (Å²) in [6.45, 7) is 7.08. The molecule has 1 amide bonds. The molecule has 1 fully saturated rings. The van der Waals surface area contributed by atoms with E-state index in [-0.39, 0.29) is 11.5 Å². The lowest BCUT2D eigenvalue weighted by atomic mass is 10.1. The first-order valence-corrected chi connectivity index (χ1v) is 7.37. The van der Waals surface area contributed by atoms with Crippen molar-refractivity contribution in [1.82, 2.24) is 20.1 Å². The summed E-state index contributed by atoms with van der Waals surface area (Å²) in [4.78, 5) is 20.3. The maximum atomic E-state index is 13.0. The predicted molar refractivity (Wildman–Crippen MR) is 79.7 cm³/mol. The third-order valence-electron chi connectivity index (χ3n) is 3.98. The summed E-state index contributed by atoms with van der Waals surface area (Å²) in [7, 11) is 2.13. The summed E-state index contributed by atoms with van der Waals surface area (Å²) < 4.78 is 13.0. The molecule has 0 spiro atoms. The van der Waals surface area contributed by atoms with Gasteiger partial charge in [-0.1, -0.05) is 0 Å². The van der Waals surface area contributed by atoms with Crippen LogP contribution in [0.3, 0.4) is 0 Å².